The van der Waals surface area contributed by atoms with Crippen LogP contribution in [0.25, 0.3) is 0 Å². The number of fused-ring (bicyclic) bond motifs is 1. The van der Waals surface area contributed by atoms with E-state index >= 15 is 0 Å². The highest BCUT2D eigenvalue weighted by Crippen LogP contribution is 2.33. The number of hydrogen-bond acceptors (Lipinski definition) is 8. The van der Waals surface area contributed by atoms with Crippen LogP contribution in [0.3, 0.4) is 0 Å². The van der Waals surface area contributed by atoms with Crippen molar-refractivity contribution in [2.45, 2.75) is 55.6 Å². The SMILES string of the molecule is CN(c1cc(Cl)nc(SCc2ccc(C(=O)N3CCN(Cc4ccc5c(c4)OCO5)CC3)cc2)n1)C1CCCCC1. The number of nitrogens with zero attached hydrogens (tertiary/aromatic N) is 5. The molecule has 0 N–H and O–H groups in total. The lowest BCUT2D eigenvalue weighted by atomic mass is 9.94. The smallest absolute Gasteiger partial charge is 0.253 e. The van der Waals surface area contributed by atoms with Crippen LogP contribution >= 0.6 is 23.4 Å². The number of carbonyl (C=O) groups excluding carboxylic acids is 1. The van der Waals surface area contributed by atoms with Crippen molar-refractivity contribution in [1.29, 1.82) is 0 Å². The molecular formula is C31H36ClN5O3S. The van der Waals surface area contributed by atoms with E-state index in [0.29, 0.717) is 35.2 Å². The summed E-state index contributed by atoms with van der Waals surface area (Å²) in [6, 6.07) is 16.4. The number of thioether (sulfide) groups is 1. The molecule has 1 amide bonds. The Bertz CT molecular complexity index is 1360. The van der Waals surface area contributed by atoms with Crippen molar-refractivity contribution in [2.75, 3.05) is 44.9 Å². The maximum absolute atomic E-state index is 13.2. The molecule has 1 aromatic heterocycles. The van der Waals surface area contributed by atoms with Crippen molar-refractivity contribution >= 4 is 35.1 Å². The molecule has 3 aromatic rings. The zero-order valence-electron chi connectivity index (χ0n) is 23.4. The van der Waals surface area contributed by atoms with E-state index in [-0.39, 0.29) is 12.7 Å². The van der Waals surface area contributed by atoms with Gasteiger partial charge in [0.05, 0.1) is 0 Å². The summed E-state index contributed by atoms with van der Waals surface area (Å²) in [5.41, 5.74) is 3.03. The largest absolute Gasteiger partial charge is 0.454 e. The number of piperazine rings is 1. The molecule has 0 spiro atoms. The van der Waals surface area contributed by atoms with Crippen molar-refractivity contribution < 1.29 is 14.3 Å². The molecule has 0 bridgehead atoms. The summed E-state index contributed by atoms with van der Waals surface area (Å²) < 4.78 is 10.9. The summed E-state index contributed by atoms with van der Waals surface area (Å²) >= 11 is 7.93. The summed E-state index contributed by atoms with van der Waals surface area (Å²) in [6.07, 6.45) is 6.25. The van der Waals surface area contributed by atoms with E-state index in [9.17, 15) is 4.79 Å². The number of rotatable bonds is 8. The van der Waals surface area contributed by atoms with Gasteiger partial charge in [-0.05, 0) is 48.2 Å². The third kappa shape index (κ3) is 6.90. The highest BCUT2D eigenvalue weighted by atomic mass is 35.5. The van der Waals surface area contributed by atoms with E-state index in [0.717, 1.165) is 48.1 Å². The molecule has 6 rings (SSSR count). The minimum absolute atomic E-state index is 0.0838. The van der Waals surface area contributed by atoms with Gasteiger partial charge in [-0.1, -0.05) is 60.8 Å². The van der Waals surface area contributed by atoms with Crippen molar-refractivity contribution in [3.05, 3.63) is 70.4 Å². The topological polar surface area (TPSA) is 71.0 Å². The fourth-order valence-electron chi connectivity index (χ4n) is 5.77. The molecule has 1 aliphatic carbocycles. The monoisotopic (exact) mass is 593 g/mol. The zero-order chi connectivity index (χ0) is 28.2. The van der Waals surface area contributed by atoms with E-state index < -0.39 is 0 Å². The number of ether oxygens (including phenoxy) is 2. The Labute approximate surface area is 251 Å². The number of anilines is 1. The van der Waals surface area contributed by atoms with Crippen LogP contribution in [0.15, 0.2) is 53.7 Å². The summed E-state index contributed by atoms with van der Waals surface area (Å²) in [6.45, 7) is 4.23. The second kappa shape index (κ2) is 12.9. The van der Waals surface area contributed by atoms with Gasteiger partial charge in [0, 0.05) is 63.2 Å². The Morgan fingerprint density at radius 1 is 0.951 bits per heavy atom. The van der Waals surface area contributed by atoms with Gasteiger partial charge in [0.1, 0.15) is 11.0 Å². The molecule has 0 atom stereocenters. The van der Waals surface area contributed by atoms with E-state index in [4.69, 9.17) is 26.1 Å². The lowest BCUT2D eigenvalue weighted by molar-refractivity contribution is 0.0628. The highest BCUT2D eigenvalue weighted by Gasteiger charge is 2.23. The van der Waals surface area contributed by atoms with E-state index in [1.54, 1.807) is 11.8 Å². The third-order valence-electron chi connectivity index (χ3n) is 8.22. The summed E-state index contributed by atoms with van der Waals surface area (Å²) in [5.74, 6) is 3.29. The molecule has 10 heteroatoms. The van der Waals surface area contributed by atoms with Crippen LogP contribution in [0.2, 0.25) is 5.15 Å². The minimum atomic E-state index is 0.0838. The van der Waals surface area contributed by atoms with Crippen LogP contribution in [0.4, 0.5) is 5.82 Å². The Hall–Kier alpha value is -3.01. The van der Waals surface area contributed by atoms with Gasteiger partial charge in [-0.25, -0.2) is 9.97 Å². The molecule has 0 radical (unpaired) electrons. The zero-order valence-corrected chi connectivity index (χ0v) is 25.0. The normalized spacial score (nSPS) is 17.6. The second-order valence-corrected chi connectivity index (χ2v) is 12.3. The fraction of sp³-hybridized carbons (Fsp3) is 0.452. The average molecular weight is 594 g/mol. The van der Waals surface area contributed by atoms with Crippen molar-refractivity contribution in [1.82, 2.24) is 19.8 Å². The maximum Gasteiger partial charge on any atom is 0.253 e. The number of benzene rings is 2. The summed E-state index contributed by atoms with van der Waals surface area (Å²) in [7, 11) is 2.11. The van der Waals surface area contributed by atoms with Gasteiger partial charge < -0.3 is 19.3 Å². The van der Waals surface area contributed by atoms with Crippen LogP contribution in [0.5, 0.6) is 11.5 Å². The summed E-state index contributed by atoms with van der Waals surface area (Å²) in [5, 5.41) is 1.14. The van der Waals surface area contributed by atoms with Gasteiger partial charge in [0.25, 0.3) is 5.91 Å². The lowest BCUT2D eigenvalue weighted by Gasteiger charge is -2.34. The van der Waals surface area contributed by atoms with Gasteiger partial charge in [-0.15, -0.1) is 0 Å². The van der Waals surface area contributed by atoms with E-state index in [1.807, 2.05) is 47.4 Å². The Morgan fingerprint density at radius 3 is 2.46 bits per heavy atom. The quantitative estimate of drug-likeness (QED) is 0.182. The van der Waals surface area contributed by atoms with E-state index in [1.165, 1.54) is 37.7 Å². The van der Waals surface area contributed by atoms with Crippen molar-refractivity contribution in [3.8, 4) is 11.5 Å². The second-order valence-electron chi connectivity index (χ2n) is 11.0. The molecule has 2 aromatic carbocycles. The van der Waals surface area contributed by atoms with Crippen LogP contribution in [0.1, 0.15) is 53.6 Å². The standard InChI is InChI=1S/C31H36ClN5O3S/c1-35(25-5-3-2-4-6-25)29-18-28(32)33-31(34-29)41-20-22-7-10-24(11-8-22)30(38)37-15-13-36(14-16-37)19-23-9-12-26-27(17-23)40-21-39-26/h7-12,17-18,25H,2-6,13-16,19-21H2,1H3. The first-order chi connectivity index (χ1) is 20.0. The number of hydrogen-bond donors (Lipinski definition) is 0. The van der Waals surface area contributed by atoms with Gasteiger partial charge in [0.2, 0.25) is 6.79 Å². The molecule has 2 fully saturated rings. The average Bonchev–Trinajstić information content (AvgIpc) is 3.48. The number of amides is 1. The highest BCUT2D eigenvalue weighted by molar-refractivity contribution is 7.98. The molecule has 0 unspecified atom stereocenters. The van der Waals surface area contributed by atoms with Gasteiger partial charge in [-0.2, -0.15) is 0 Å². The maximum atomic E-state index is 13.2. The Balaban J connectivity index is 0.994. The van der Waals surface area contributed by atoms with Gasteiger partial charge in [0.15, 0.2) is 16.7 Å². The van der Waals surface area contributed by atoms with Crippen molar-refractivity contribution in [3.63, 3.8) is 0 Å². The number of halogens is 1. The van der Waals surface area contributed by atoms with Crippen LogP contribution in [-0.2, 0) is 12.3 Å². The molecule has 2 aliphatic heterocycles. The van der Waals surface area contributed by atoms with Gasteiger partial charge in [-0.3, -0.25) is 9.69 Å². The molecule has 3 aliphatic rings. The molecule has 1 saturated heterocycles. The van der Waals surface area contributed by atoms with E-state index in [2.05, 4.69) is 27.9 Å². The predicted octanol–water partition coefficient (Wildman–Crippen LogP) is 5.88. The van der Waals surface area contributed by atoms with Crippen molar-refractivity contribution in [2.24, 2.45) is 0 Å². The van der Waals surface area contributed by atoms with Crippen LogP contribution < -0.4 is 14.4 Å². The predicted molar refractivity (Wildman–Crippen MR) is 162 cm³/mol. The lowest BCUT2D eigenvalue weighted by Crippen LogP contribution is -2.48. The Morgan fingerprint density at radius 2 is 1.68 bits per heavy atom. The first-order valence-electron chi connectivity index (χ1n) is 14.4. The molecular weight excluding hydrogens is 558 g/mol. The minimum Gasteiger partial charge on any atom is -0.454 e. The fourth-order valence-corrected chi connectivity index (χ4v) is 6.80. The van der Waals surface area contributed by atoms with Gasteiger partial charge >= 0.3 is 0 Å². The molecule has 8 nitrogen and oxygen atoms in total. The van der Waals surface area contributed by atoms with Crippen LogP contribution in [0, 0.1) is 0 Å². The van der Waals surface area contributed by atoms with Crippen LogP contribution in [-0.4, -0.2) is 71.7 Å². The first kappa shape index (κ1) is 28.1. The molecule has 3 heterocycles. The Kier molecular flexibility index (Phi) is 8.84. The molecule has 41 heavy (non-hydrogen) atoms. The number of carbonyl (C=O) groups is 1. The first-order valence-corrected chi connectivity index (χ1v) is 15.8. The molecule has 1 saturated carbocycles. The summed E-state index contributed by atoms with van der Waals surface area (Å²) in [4.78, 5) is 29.0. The molecule has 216 valence electrons. The third-order valence-corrected chi connectivity index (χ3v) is 9.33. The number of aromatic nitrogens is 2.